The van der Waals surface area contributed by atoms with Gasteiger partial charge in [0.1, 0.15) is 0 Å². The van der Waals surface area contributed by atoms with Gasteiger partial charge < -0.3 is 4.74 Å². The topological polar surface area (TPSA) is 9.23 Å². The maximum Gasteiger partial charge on any atom is 0.165 e. The number of ether oxygens (including phenoxy) is 1. The van der Waals surface area contributed by atoms with Crippen LogP contribution >= 0.6 is 15.9 Å². The molecule has 0 aliphatic heterocycles. The van der Waals surface area contributed by atoms with Gasteiger partial charge in [0.15, 0.2) is 11.6 Å². The van der Waals surface area contributed by atoms with Crippen LogP contribution in [-0.4, -0.2) is 6.61 Å². The van der Waals surface area contributed by atoms with Gasteiger partial charge in [0.25, 0.3) is 0 Å². The first-order valence-electron chi connectivity index (χ1n) is 5.80. The van der Waals surface area contributed by atoms with Crippen LogP contribution in [0.3, 0.4) is 0 Å². The minimum absolute atomic E-state index is 0.306. The zero-order chi connectivity index (χ0) is 12.8. The van der Waals surface area contributed by atoms with Gasteiger partial charge in [-0.3, -0.25) is 0 Å². The Morgan fingerprint density at radius 3 is 2.44 bits per heavy atom. The van der Waals surface area contributed by atoms with Crippen LogP contribution in [0.2, 0.25) is 0 Å². The molecule has 0 bridgehead atoms. The number of halogens is 2. The Morgan fingerprint density at radius 1 is 1.00 bits per heavy atom. The molecule has 94 valence electrons. The Hall–Kier alpha value is -1.35. The number of rotatable bonds is 5. The van der Waals surface area contributed by atoms with Gasteiger partial charge in [0.05, 0.1) is 6.61 Å². The summed E-state index contributed by atoms with van der Waals surface area (Å²) in [6.45, 7) is 0.481. The highest BCUT2D eigenvalue weighted by atomic mass is 79.9. The second kappa shape index (κ2) is 6.55. The van der Waals surface area contributed by atoms with Crippen molar-refractivity contribution in [2.24, 2.45) is 0 Å². The lowest BCUT2D eigenvalue weighted by Crippen LogP contribution is -2.02. The zero-order valence-electron chi connectivity index (χ0n) is 9.90. The van der Waals surface area contributed by atoms with E-state index >= 15 is 0 Å². The minimum Gasteiger partial charge on any atom is -0.490 e. The number of hydrogen-bond acceptors (Lipinski definition) is 1. The lowest BCUT2D eigenvalue weighted by atomic mass is 10.2. The molecule has 0 radical (unpaired) electrons. The molecule has 0 heterocycles. The van der Waals surface area contributed by atoms with Crippen molar-refractivity contribution in [1.29, 1.82) is 0 Å². The van der Waals surface area contributed by atoms with E-state index in [0.717, 1.165) is 12.0 Å². The van der Waals surface area contributed by atoms with Gasteiger partial charge in [-0.15, -0.1) is 0 Å². The Labute approximate surface area is 115 Å². The third-order valence-corrected chi connectivity index (χ3v) is 3.29. The highest BCUT2D eigenvalue weighted by Crippen LogP contribution is 2.19. The first kappa shape index (κ1) is 13.1. The summed E-state index contributed by atoms with van der Waals surface area (Å²) < 4.78 is 19.1. The molecule has 0 atom stereocenters. The van der Waals surface area contributed by atoms with Crippen LogP contribution in [0.5, 0.6) is 5.75 Å². The fourth-order valence-electron chi connectivity index (χ4n) is 1.67. The van der Waals surface area contributed by atoms with E-state index in [1.807, 2.05) is 36.4 Å². The fourth-order valence-corrected chi connectivity index (χ4v) is 2.02. The highest BCUT2D eigenvalue weighted by molar-refractivity contribution is 9.08. The van der Waals surface area contributed by atoms with E-state index in [2.05, 4.69) is 15.9 Å². The monoisotopic (exact) mass is 308 g/mol. The SMILES string of the molecule is Fc1cc(CBr)ccc1OCCc1ccccc1. The lowest BCUT2D eigenvalue weighted by Gasteiger charge is -2.08. The second-order valence-electron chi connectivity index (χ2n) is 3.98. The molecule has 3 heteroatoms. The van der Waals surface area contributed by atoms with Gasteiger partial charge >= 0.3 is 0 Å². The smallest absolute Gasteiger partial charge is 0.165 e. The normalized spacial score (nSPS) is 10.3. The molecule has 0 fully saturated rings. The van der Waals surface area contributed by atoms with Crippen LogP contribution in [0, 0.1) is 5.82 Å². The molecule has 2 rings (SSSR count). The van der Waals surface area contributed by atoms with E-state index in [1.54, 1.807) is 6.07 Å². The van der Waals surface area contributed by atoms with Crippen LogP contribution in [-0.2, 0) is 11.8 Å². The molecular formula is C15H14BrFO. The van der Waals surface area contributed by atoms with E-state index in [9.17, 15) is 4.39 Å². The summed E-state index contributed by atoms with van der Waals surface area (Å²) in [6.07, 6.45) is 0.778. The molecule has 1 nitrogen and oxygen atoms in total. The van der Waals surface area contributed by atoms with Crippen molar-refractivity contribution in [2.45, 2.75) is 11.8 Å². The largest absolute Gasteiger partial charge is 0.490 e. The van der Waals surface area contributed by atoms with Crippen molar-refractivity contribution in [3.05, 3.63) is 65.5 Å². The van der Waals surface area contributed by atoms with E-state index in [0.29, 0.717) is 17.7 Å². The highest BCUT2D eigenvalue weighted by Gasteiger charge is 2.04. The van der Waals surface area contributed by atoms with Crippen molar-refractivity contribution in [3.63, 3.8) is 0 Å². The Balaban J connectivity index is 1.91. The molecule has 18 heavy (non-hydrogen) atoms. The predicted molar refractivity (Wildman–Crippen MR) is 74.7 cm³/mol. The van der Waals surface area contributed by atoms with Crippen LogP contribution in [0.1, 0.15) is 11.1 Å². The molecular weight excluding hydrogens is 295 g/mol. The summed E-state index contributed by atoms with van der Waals surface area (Å²) in [6, 6.07) is 15.0. The van der Waals surface area contributed by atoms with Crippen molar-refractivity contribution >= 4 is 15.9 Å². The number of alkyl halides is 1. The summed E-state index contributed by atoms with van der Waals surface area (Å²) in [4.78, 5) is 0. The van der Waals surface area contributed by atoms with Crippen LogP contribution in [0.4, 0.5) is 4.39 Å². The van der Waals surface area contributed by atoms with E-state index < -0.39 is 0 Å². The zero-order valence-corrected chi connectivity index (χ0v) is 11.5. The van der Waals surface area contributed by atoms with Gasteiger partial charge in [-0.2, -0.15) is 0 Å². The minimum atomic E-state index is -0.306. The van der Waals surface area contributed by atoms with E-state index in [4.69, 9.17) is 4.74 Å². The van der Waals surface area contributed by atoms with Gasteiger partial charge in [-0.05, 0) is 23.3 Å². The van der Waals surface area contributed by atoms with Crippen LogP contribution < -0.4 is 4.74 Å². The van der Waals surface area contributed by atoms with Crippen molar-refractivity contribution in [3.8, 4) is 5.75 Å². The summed E-state index contributed by atoms with van der Waals surface area (Å²) >= 11 is 3.29. The molecule has 0 aliphatic rings. The van der Waals surface area contributed by atoms with Crippen LogP contribution in [0.15, 0.2) is 48.5 Å². The number of benzene rings is 2. The fraction of sp³-hybridized carbons (Fsp3) is 0.200. The third-order valence-electron chi connectivity index (χ3n) is 2.64. The van der Waals surface area contributed by atoms with Crippen molar-refractivity contribution < 1.29 is 9.13 Å². The second-order valence-corrected chi connectivity index (χ2v) is 4.54. The van der Waals surface area contributed by atoms with Gasteiger partial charge in [0, 0.05) is 11.8 Å². The maximum atomic E-state index is 13.6. The maximum absolute atomic E-state index is 13.6. The Morgan fingerprint density at radius 2 is 1.78 bits per heavy atom. The van der Waals surface area contributed by atoms with Gasteiger partial charge in [0.2, 0.25) is 0 Å². The predicted octanol–water partition coefficient (Wildman–Crippen LogP) is 4.34. The Kier molecular flexibility index (Phi) is 4.76. The summed E-state index contributed by atoms with van der Waals surface area (Å²) in [5, 5.41) is 0.647. The molecule has 2 aromatic carbocycles. The van der Waals surface area contributed by atoms with Gasteiger partial charge in [-0.25, -0.2) is 4.39 Å². The average molecular weight is 309 g/mol. The van der Waals surface area contributed by atoms with E-state index in [1.165, 1.54) is 11.6 Å². The number of hydrogen-bond donors (Lipinski definition) is 0. The van der Waals surface area contributed by atoms with Crippen molar-refractivity contribution in [2.75, 3.05) is 6.61 Å². The molecule has 0 N–H and O–H groups in total. The summed E-state index contributed by atoms with van der Waals surface area (Å²) in [5.41, 5.74) is 2.10. The van der Waals surface area contributed by atoms with Crippen molar-refractivity contribution in [1.82, 2.24) is 0 Å². The average Bonchev–Trinajstić information content (AvgIpc) is 2.42. The Bertz CT molecular complexity index is 499. The first-order valence-corrected chi connectivity index (χ1v) is 6.93. The van der Waals surface area contributed by atoms with Crippen LogP contribution in [0.25, 0.3) is 0 Å². The summed E-state index contributed by atoms with van der Waals surface area (Å²) in [5.74, 6) is 0.00985. The molecule has 0 amide bonds. The molecule has 2 aromatic rings. The van der Waals surface area contributed by atoms with Gasteiger partial charge in [-0.1, -0.05) is 52.3 Å². The molecule has 0 spiro atoms. The summed E-state index contributed by atoms with van der Waals surface area (Å²) in [7, 11) is 0. The molecule has 0 aromatic heterocycles. The quantitative estimate of drug-likeness (QED) is 0.747. The molecule has 0 aliphatic carbocycles. The third kappa shape index (κ3) is 3.57. The van der Waals surface area contributed by atoms with E-state index in [-0.39, 0.29) is 5.82 Å². The molecule has 0 saturated heterocycles. The molecule has 0 saturated carbocycles. The first-order chi connectivity index (χ1) is 8.79. The lowest BCUT2D eigenvalue weighted by molar-refractivity contribution is 0.305. The standard InChI is InChI=1S/C15H14BrFO/c16-11-13-6-7-15(14(17)10-13)18-9-8-12-4-2-1-3-5-12/h1-7,10H,8-9,11H2. The molecule has 0 unspecified atom stereocenters.